The van der Waals surface area contributed by atoms with Crippen LogP contribution in [-0.2, 0) is 14.3 Å². The summed E-state index contributed by atoms with van der Waals surface area (Å²) in [6, 6.07) is 0. The van der Waals surface area contributed by atoms with E-state index in [1.54, 1.807) is 0 Å². The lowest BCUT2D eigenvalue weighted by atomic mass is 10.5. The van der Waals surface area contributed by atoms with E-state index in [1.165, 1.54) is 0 Å². The van der Waals surface area contributed by atoms with E-state index < -0.39 is 5.78 Å². The van der Waals surface area contributed by atoms with Crippen LogP contribution in [0.5, 0.6) is 0 Å². The highest BCUT2D eigenvalue weighted by molar-refractivity contribution is 5.84. The predicted molar refractivity (Wildman–Crippen MR) is 21.3 cm³/mol. The zero-order chi connectivity index (χ0) is 5.70. The first-order valence-electron chi connectivity index (χ1n) is 1.61. The van der Waals surface area contributed by atoms with Gasteiger partial charge in [0.25, 0.3) is 6.47 Å². The van der Waals surface area contributed by atoms with Crippen LogP contribution in [0, 0.1) is 6.92 Å². The van der Waals surface area contributed by atoms with E-state index in [1.807, 2.05) is 0 Å². The van der Waals surface area contributed by atoms with Gasteiger partial charge in [-0.25, -0.2) is 0 Å². The molecule has 0 amide bonds. The molecular formula is C4H4O3. The van der Waals surface area contributed by atoms with Crippen LogP contribution in [0.2, 0.25) is 0 Å². The Bertz CT molecular complexity index is 77.0. The molecule has 0 aromatic heterocycles. The number of ether oxygens (including phenoxy) is 1. The minimum absolute atomic E-state index is 0.171. The van der Waals surface area contributed by atoms with Crippen molar-refractivity contribution in [3.63, 3.8) is 0 Å². The normalized spacial score (nSPS) is 7.57. The van der Waals surface area contributed by atoms with Crippen molar-refractivity contribution in [1.29, 1.82) is 0 Å². The summed E-state index contributed by atoms with van der Waals surface area (Å²) in [5, 5.41) is 0. The topological polar surface area (TPSA) is 43.4 Å². The molecule has 0 atom stereocenters. The molecule has 0 spiro atoms. The van der Waals surface area contributed by atoms with E-state index in [0.717, 1.165) is 0 Å². The monoisotopic (exact) mass is 100 g/mol. The Hall–Kier alpha value is -0.860. The molecular weight excluding hydrogens is 96.0 g/mol. The molecule has 2 radical (unpaired) electrons. The Morgan fingerprint density at radius 1 is 1.86 bits per heavy atom. The van der Waals surface area contributed by atoms with Gasteiger partial charge in [0.2, 0.25) is 0 Å². The largest absolute Gasteiger partial charge is 0.460 e. The van der Waals surface area contributed by atoms with Gasteiger partial charge in [-0.3, -0.25) is 9.59 Å². The van der Waals surface area contributed by atoms with Crippen LogP contribution in [0.1, 0.15) is 0 Å². The van der Waals surface area contributed by atoms with Crippen LogP contribution in [0.3, 0.4) is 0 Å². The van der Waals surface area contributed by atoms with E-state index in [4.69, 9.17) is 0 Å². The summed E-state index contributed by atoms with van der Waals surface area (Å²) >= 11 is 0. The van der Waals surface area contributed by atoms with E-state index in [9.17, 15) is 9.59 Å². The third kappa shape index (κ3) is 5.14. The zero-order valence-electron chi connectivity index (χ0n) is 3.59. The van der Waals surface area contributed by atoms with Gasteiger partial charge in [-0.05, 0) is 0 Å². The first-order valence-corrected chi connectivity index (χ1v) is 1.61. The number of carbonyl (C=O) groups is 2. The van der Waals surface area contributed by atoms with Crippen molar-refractivity contribution in [2.24, 2.45) is 0 Å². The highest BCUT2D eigenvalue weighted by Gasteiger charge is 1.87. The van der Waals surface area contributed by atoms with Crippen LogP contribution >= 0.6 is 0 Å². The summed E-state index contributed by atoms with van der Waals surface area (Å²) in [4.78, 5) is 19.0. The minimum Gasteiger partial charge on any atom is -0.460 e. The average Bonchev–Trinajstić information content (AvgIpc) is 1.61. The summed E-state index contributed by atoms with van der Waals surface area (Å²) in [7, 11) is 0. The van der Waals surface area contributed by atoms with Crippen molar-refractivity contribution in [3.05, 3.63) is 6.92 Å². The first-order chi connectivity index (χ1) is 3.27. The number of ketones is 1. The third-order valence-corrected chi connectivity index (χ3v) is 0.294. The Morgan fingerprint density at radius 2 is 2.43 bits per heavy atom. The molecule has 0 saturated heterocycles. The van der Waals surface area contributed by atoms with Crippen LogP contribution in [0.25, 0.3) is 0 Å². The summed E-state index contributed by atoms with van der Waals surface area (Å²) < 4.78 is 3.94. The molecule has 0 bridgehead atoms. The molecule has 3 heteroatoms. The fourth-order valence-corrected chi connectivity index (χ4v) is 0.116. The Morgan fingerprint density at radius 3 is 2.57 bits per heavy atom. The number of hydrogen-bond donors (Lipinski definition) is 0. The summed E-state index contributed by atoms with van der Waals surface area (Å²) in [6.45, 7) is 4.40. The molecule has 0 aromatic carbocycles. The van der Waals surface area contributed by atoms with Crippen LogP contribution in [-0.4, -0.2) is 18.9 Å². The maximum atomic E-state index is 9.70. The Labute approximate surface area is 41.3 Å². The zero-order valence-corrected chi connectivity index (χ0v) is 3.59. The molecule has 0 heterocycles. The van der Waals surface area contributed by atoms with Gasteiger partial charge >= 0.3 is 0 Å². The molecule has 0 aliphatic carbocycles. The number of Topliss-reactive ketones (excluding diaryl/α,β-unsaturated/α-hetero) is 1. The second-order valence-corrected chi connectivity index (χ2v) is 0.874. The quantitative estimate of drug-likeness (QED) is 0.446. The van der Waals surface area contributed by atoms with Crippen molar-refractivity contribution >= 4 is 12.3 Å². The van der Waals surface area contributed by atoms with Crippen molar-refractivity contribution in [1.82, 2.24) is 0 Å². The SMILES string of the molecule is [CH]C(=O)COC=O. The molecule has 7 heavy (non-hydrogen) atoms. The van der Waals surface area contributed by atoms with Gasteiger partial charge in [-0.2, -0.15) is 0 Å². The molecule has 0 aliphatic rings. The molecule has 0 aromatic rings. The molecule has 0 aliphatic heterocycles. The molecule has 0 fully saturated rings. The van der Waals surface area contributed by atoms with Gasteiger partial charge in [0.05, 0.1) is 0 Å². The van der Waals surface area contributed by atoms with E-state index in [-0.39, 0.29) is 13.1 Å². The second kappa shape index (κ2) is 3.33. The highest BCUT2D eigenvalue weighted by atomic mass is 16.5. The highest BCUT2D eigenvalue weighted by Crippen LogP contribution is 1.66. The maximum absolute atomic E-state index is 9.70. The van der Waals surface area contributed by atoms with Gasteiger partial charge < -0.3 is 4.74 Å². The van der Waals surface area contributed by atoms with Gasteiger partial charge in [0, 0.05) is 6.92 Å². The number of hydrogen-bond acceptors (Lipinski definition) is 3. The lowest BCUT2D eigenvalue weighted by molar-refractivity contribution is -0.134. The van der Waals surface area contributed by atoms with Crippen molar-refractivity contribution in [2.45, 2.75) is 0 Å². The Balaban J connectivity index is 2.97. The first kappa shape index (κ1) is 6.14. The number of carbonyl (C=O) groups excluding carboxylic acids is 2. The maximum Gasteiger partial charge on any atom is 0.293 e. The summed E-state index contributed by atoms with van der Waals surface area (Å²) in [5.74, 6) is -0.646. The molecule has 0 N–H and O–H groups in total. The smallest absolute Gasteiger partial charge is 0.293 e. The molecule has 38 valence electrons. The third-order valence-electron chi connectivity index (χ3n) is 0.294. The van der Waals surface area contributed by atoms with Crippen LogP contribution in [0.4, 0.5) is 0 Å². The Kier molecular flexibility index (Phi) is 2.92. The summed E-state index contributed by atoms with van der Waals surface area (Å²) in [5.41, 5.74) is 0. The summed E-state index contributed by atoms with van der Waals surface area (Å²) in [6.07, 6.45) is 0. The van der Waals surface area contributed by atoms with Crippen molar-refractivity contribution < 1.29 is 14.3 Å². The van der Waals surface area contributed by atoms with Gasteiger partial charge in [0.1, 0.15) is 6.61 Å². The average molecular weight is 100 g/mol. The van der Waals surface area contributed by atoms with Gasteiger partial charge in [-0.15, -0.1) is 0 Å². The van der Waals surface area contributed by atoms with Crippen LogP contribution < -0.4 is 0 Å². The van der Waals surface area contributed by atoms with E-state index in [0.29, 0.717) is 0 Å². The van der Waals surface area contributed by atoms with Gasteiger partial charge in [-0.1, -0.05) is 0 Å². The number of rotatable bonds is 3. The molecule has 3 nitrogen and oxygen atoms in total. The van der Waals surface area contributed by atoms with Crippen LogP contribution in [0.15, 0.2) is 0 Å². The predicted octanol–water partition coefficient (Wildman–Crippen LogP) is -0.560. The standard InChI is InChI=1S/C4H4O3/c1-4(6)2-7-3-5/h1,3H,2H2. The molecule has 0 rings (SSSR count). The fourth-order valence-electron chi connectivity index (χ4n) is 0.116. The fraction of sp³-hybridized carbons (Fsp3) is 0.250. The minimum atomic E-state index is -0.646. The van der Waals surface area contributed by atoms with E-state index >= 15 is 0 Å². The molecule has 0 unspecified atom stereocenters. The van der Waals surface area contributed by atoms with Crippen molar-refractivity contribution in [2.75, 3.05) is 6.61 Å². The second-order valence-electron chi connectivity index (χ2n) is 0.874. The lowest BCUT2D eigenvalue weighted by Gasteiger charge is -1.86. The van der Waals surface area contributed by atoms with Gasteiger partial charge in [0.15, 0.2) is 5.78 Å². The van der Waals surface area contributed by atoms with Crippen molar-refractivity contribution in [3.8, 4) is 0 Å². The van der Waals surface area contributed by atoms with E-state index in [2.05, 4.69) is 11.7 Å². The lowest BCUT2D eigenvalue weighted by Crippen LogP contribution is -2.01. The molecule has 0 saturated carbocycles.